The molecular formula is C27H25BN2O7. The maximum atomic E-state index is 12.0. The first-order valence-electron chi connectivity index (χ1n) is 11.9. The number of hydrogen-bond acceptors (Lipinski definition) is 8. The average Bonchev–Trinajstić information content (AvgIpc) is 3.27. The summed E-state index contributed by atoms with van der Waals surface area (Å²) in [5.74, 6) is 0.567. The van der Waals surface area contributed by atoms with Crippen molar-refractivity contribution in [1.82, 2.24) is 4.90 Å². The largest absolute Gasteiger partial charge is 0.636 e. The number of likely N-dealkylation sites (N-methyl/N-ethyl adjacent to an activating group) is 1. The van der Waals surface area contributed by atoms with Crippen LogP contribution >= 0.6 is 0 Å². The fraction of sp³-hybridized carbons (Fsp3) is 0.222. The van der Waals surface area contributed by atoms with Gasteiger partial charge >= 0.3 is 19.1 Å². The first-order valence-corrected chi connectivity index (χ1v) is 11.9. The number of rotatable bonds is 6. The van der Waals surface area contributed by atoms with Crippen molar-refractivity contribution in [1.29, 1.82) is 0 Å². The van der Waals surface area contributed by atoms with Crippen LogP contribution in [0.5, 0.6) is 17.2 Å². The Labute approximate surface area is 214 Å². The molecule has 9 nitrogen and oxygen atoms in total. The number of nitrogens with two attached hydrogens (primary N) is 1. The van der Waals surface area contributed by atoms with Crippen LogP contribution in [0.25, 0.3) is 0 Å². The van der Waals surface area contributed by atoms with Gasteiger partial charge in [0.05, 0.1) is 13.1 Å². The predicted molar refractivity (Wildman–Crippen MR) is 135 cm³/mol. The van der Waals surface area contributed by atoms with Crippen molar-refractivity contribution in [3.05, 3.63) is 83.4 Å². The zero-order chi connectivity index (χ0) is 25.9. The second-order valence-electron chi connectivity index (χ2n) is 9.01. The molecule has 1 aliphatic heterocycles. The fourth-order valence-electron chi connectivity index (χ4n) is 4.45. The number of benzene rings is 3. The Balaban J connectivity index is 1.27. The van der Waals surface area contributed by atoms with Crippen molar-refractivity contribution in [3.8, 4) is 17.2 Å². The summed E-state index contributed by atoms with van der Waals surface area (Å²) < 4.78 is 23.0. The summed E-state index contributed by atoms with van der Waals surface area (Å²) in [5, 5.41) is 0. The molecule has 0 spiro atoms. The van der Waals surface area contributed by atoms with Gasteiger partial charge in [0.2, 0.25) is 5.91 Å². The van der Waals surface area contributed by atoms with Crippen LogP contribution in [0.1, 0.15) is 34.0 Å². The lowest BCUT2D eigenvalue weighted by atomic mass is 9.78. The van der Waals surface area contributed by atoms with Crippen molar-refractivity contribution in [3.63, 3.8) is 0 Å². The third kappa shape index (κ3) is 5.59. The van der Waals surface area contributed by atoms with Crippen molar-refractivity contribution in [2.75, 3.05) is 20.1 Å². The van der Waals surface area contributed by atoms with Gasteiger partial charge in [-0.3, -0.25) is 19.3 Å². The highest BCUT2D eigenvalue weighted by Gasteiger charge is 2.34. The molecule has 1 saturated heterocycles. The number of hydrogen-bond donors (Lipinski definition) is 1. The molecule has 188 valence electrons. The first kappa shape index (κ1) is 24.4. The van der Waals surface area contributed by atoms with Crippen LogP contribution in [-0.2, 0) is 25.3 Å². The fourth-order valence-corrected chi connectivity index (χ4v) is 4.45. The van der Waals surface area contributed by atoms with E-state index >= 15 is 0 Å². The third-order valence-electron chi connectivity index (χ3n) is 6.24. The lowest BCUT2D eigenvalue weighted by molar-refractivity contribution is -0.145. The number of carbonyl (C=O) groups excluding carboxylic acids is 3. The Morgan fingerprint density at radius 3 is 2.24 bits per heavy atom. The van der Waals surface area contributed by atoms with Crippen molar-refractivity contribution < 1.29 is 33.2 Å². The Morgan fingerprint density at radius 1 is 0.946 bits per heavy atom. The van der Waals surface area contributed by atoms with Crippen molar-refractivity contribution in [2.24, 2.45) is 5.73 Å². The summed E-state index contributed by atoms with van der Waals surface area (Å²) in [5.41, 5.74) is 8.39. The molecule has 2 aliphatic rings. The van der Waals surface area contributed by atoms with Crippen LogP contribution in [0, 0.1) is 0 Å². The maximum Gasteiger partial charge on any atom is 0.636 e. The van der Waals surface area contributed by atoms with Crippen LogP contribution < -0.4 is 20.7 Å². The first-order chi connectivity index (χ1) is 17.9. The number of fused-ring (bicyclic) bond motifs is 1. The Bertz CT molecular complexity index is 1310. The van der Waals surface area contributed by atoms with E-state index in [1.54, 1.807) is 55.6 Å². The summed E-state index contributed by atoms with van der Waals surface area (Å²) in [6, 6.07) is 19.5. The molecule has 0 bridgehead atoms. The van der Waals surface area contributed by atoms with E-state index in [0.717, 1.165) is 29.7 Å². The molecule has 1 atom stereocenters. The predicted octanol–water partition coefficient (Wildman–Crippen LogP) is 2.37. The lowest BCUT2D eigenvalue weighted by Gasteiger charge is -2.22. The molecule has 1 aliphatic carbocycles. The molecule has 5 rings (SSSR count). The highest BCUT2D eigenvalue weighted by atomic mass is 16.6. The van der Waals surface area contributed by atoms with Gasteiger partial charge in [0.25, 0.3) is 0 Å². The molecule has 1 fully saturated rings. The molecule has 0 radical (unpaired) electrons. The van der Waals surface area contributed by atoms with Crippen LogP contribution in [0.2, 0.25) is 0 Å². The normalized spacial score (nSPS) is 17.8. The summed E-state index contributed by atoms with van der Waals surface area (Å²) in [6.45, 7) is 0.0243. The van der Waals surface area contributed by atoms with Crippen LogP contribution in [0.15, 0.2) is 66.7 Å². The summed E-state index contributed by atoms with van der Waals surface area (Å²) in [4.78, 5) is 36.9. The molecule has 0 unspecified atom stereocenters. The number of nitrogens with zero attached hydrogens (tertiary/aromatic N) is 1. The molecule has 1 amide bonds. The van der Waals surface area contributed by atoms with Gasteiger partial charge in [-0.1, -0.05) is 24.3 Å². The van der Waals surface area contributed by atoms with E-state index in [4.69, 9.17) is 24.5 Å². The van der Waals surface area contributed by atoms with Crippen LogP contribution in [0.4, 0.5) is 0 Å². The number of primary amides is 1. The summed E-state index contributed by atoms with van der Waals surface area (Å²) >= 11 is 0. The minimum atomic E-state index is -1.09. The maximum absolute atomic E-state index is 12.0. The molecule has 1 heterocycles. The second kappa shape index (κ2) is 10.4. The van der Waals surface area contributed by atoms with Gasteiger partial charge in [-0.25, -0.2) is 0 Å². The zero-order valence-corrected chi connectivity index (χ0v) is 20.2. The standard InChI is InChI=1S/C27H25BN2O7/c1-30-15-25(31)36-28(37-26(32)16-30)18-7-11-20(12-8-18)35-24-14-13-22-21(24)3-2-4-23(22)34-19-9-5-17(6-10-19)27(29)33/h2-12,24H,13-16H2,1H3,(H2,29,33)/t24-/m1/s1. The molecule has 3 aromatic rings. The molecule has 0 aromatic heterocycles. The second-order valence-corrected chi connectivity index (χ2v) is 9.01. The third-order valence-corrected chi connectivity index (χ3v) is 6.24. The highest BCUT2D eigenvalue weighted by Crippen LogP contribution is 2.40. The van der Waals surface area contributed by atoms with Crippen LogP contribution in [-0.4, -0.2) is 50.0 Å². The molecular weight excluding hydrogens is 475 g/mol. The molecule has 37 heavy (non-hydrogen) atoms. The topological polar surface area (TPSA) is 117 Å². The van der Waals surface area contributed by atoms with Gasteiger partial charge in [-0.2, -0.15) is 0 Å². The summed E-state index contributed by atoms with van der Waals surface area (Å²) in [7, 11) is 0.556. The SMILES string of the molecule is CN1CC(=O)OB(c2ccc(O[C@@H]3CCc4c(Oc5ccc(C(N)=O)cc5)cccc43)cc2)OC(=O)C1. The molecule has 10 heteroatoms. The quantitative estimate of drug-likeness (QED) is 0.513. The van der Waals surface area contributed by atoms with Gasteiger partial charge in [0.15, 0.2) is 0 Å². The van der Waals surface area contributed by atoms with Gasteiger partial charge in [-0.15, -0.1) is 0 Å². The molecule has 2 N–H and O–H groups in total. The highest BCUT2D eigenvalue weighted by molar-refractivity contribution is 6.64. The summed E-state index contributed by atoms with van der Waals surface area (Å²) in [6.07, 6.45) is 1.41. The van der Waals surface area contributed by atoms with Gasteiger partial charge in [-0.05, 0) is 67.9 Å². The number of ether oxygens (including phenoxy) is 2. The van der Waals surface area contributed by atoms with E-state index < -0.39 is 25.0 Å². The Kier molecular flexibility index (Phi) is 6.83. The zero-order valence-electron chi connectivity index (χ0n) is 20.2. The molecule has 3 aromatic carbocycles. The van der Waals surface area contributed by atoms with Crippen molar-refractivity contribution in [2.45, 2.75) is 18.9 Å². The van der Waals surface area contributed by atoms with E-state index in [2.05, 4.69) is 0 Å². The van der Waals surface area contributed by atoms with E-state index in [1.165, 1.54) is 4.90 Å². The smallest absolute Gasteiger partial charge is 0.494 e. The van der Waals surface area contributed by atoms with Gasteiger partial charge < -0.3 is 24.5 Å². The van der Waals surface area contributed by atoms with E-state index in [-0.39, 0.29) is 19.2 Å². The number of carbonyl (C=O) groups is 3. The Hall–Kier alpha value is -4.31. The molecule has 0 saturated carbocycles. The Morgan fingerprint density at radius 2 is 1.59 bits per heavy atom. The minimum Gasteiger partial charge on any atom is -0.494 e. The van der Waals surface area contributed by atoms with E-state index in [9.17, 15) is 14.4 Å². The lowest BCUT2D eigenvalue weighted by Crippen LogP contribution is -2.47. The van der Waals surface area contributed by atoms with Gasteiger partial charge in [0.1, 0.15) is 23.4 Å². The average molecular weight is 500 g/mol. The monoisotopic (exact) mass is 500 g/mol. The van der Waals surface area contributed by atoms with E-state index in [1.807, 2.05) is 18.2 Å². The van der Waals surface area contributed by atoms with Crippen LogP contribution in [0.3, 0.4) is 0 Å². The minimum absolute atomic E-state index is 0.0122. The van der Waals surface area contributed by atoms with Crippen molar-refractivity contribution >= 4 is 30.4 Å². The number of amides is 1. The van der Waals surface area contributed by atoms with E-state index in [0.29, 0.717) is 22.5 Å². The van der Waals surface area contributed by atoms with Gasteiger partial charge in [0, 0.05) is 16.6 Å².